The number of benzene rings is 2. The van der Waals surface area contributed by atoms with Crippen LogP contribution in [0.5, 0.6) is 0 Å². The maximum atomic E-state index is 12.6. The van der Waals surface area contributed by atoms with Gasteiger partial charge in [0.05, 0.1) is 17.0 Å². The molecular weight excluding hydrogens is 444 g/mol. The number of anilines is 1. The van der Waals surface area contributed by atoms with Crippen LogP contribution in [0.15, 0.2) is 48.7 Å². The topological polar surface area (TPSA) is 42.3 Å². The van der Waals surface area contributed by atoms with Crippen molar-refractivity contribution in [1.29, 1.82) is 0 Å². The minimum absolute atomic E-state index is 0.0840. The van der Waals surface area contributed by atoms with Crippen molar-refractivity contribution in [2.75, 3.05) is 4.90 Å². The van der Waals surface area contributed by atoms with E-state index in [4.69, 9.17) is 11.6 Å². The molecule has 178 valence electrons. The van der Waals surface area contributed by atoms with Crippen molar-refractivity contribution >= 4 is 39.9 Å². The molecule has 5 rings (SSSR count). The van der Waals surface area contributed by atoms with Crippen molar-refractivity contribution in [1.82, 2.24) is 4.57 Å². The van der Waals surface area contributed by atoms with Crippen LogP contribution in [0, 0.1) is 5.92 Å². The number of hydrogen-bond acceptors (Lipinski definition) is 2. The monoisotopic (exact) mass is 476 g/mol. The van der Waals surface area contributed by atoms with Crippen molar-refractivity contribution in [3.05, 3.63) is 64.8 Å². The summed E-state index contributed by atoms with van der Waals surface area (Å²) in [5.41, 5.74) is 4.06. The van der Waals surface area contributed by atoms with E-state index < -0.39 is 0 Å². The second-order valence-corrected chi connectivity index (χ2v) is 10.4. The molecule has 0 radical (unpaired) electrons. The Hall–Kier alpha value is -2.59. The minimum atomic E-state index is 0.0840. The third-order valence-corrected chi connectivity index (χ3v) is 8.09. The van der Waals surface area contributed by atoms with Gasteiger partial charge < -0.3 is 9.47 Å². The average Bonchev–Trinajstić information content (AvgIpc) is 3.37. The lowest BCUT2D eigenvalue weighted by molar-refractivity contribution is -0.118. The summed E-state index contributed by atoms with van der Waals surface area (Å²) in [4.78, 5) is 26.7. The van der Waals surface area contributed by atoms with Gasteiger partial charge in [0, 0.05) is 35.4 Å². The van der Waals surface area contributed by atoms with Gasteiger partial charge in [-0.25, -0.2) is 0 Å². The average molecular weight is 477 g/mol. The van der Waals surface area contributed by atoms with Crippen LogP contribution < -0.4 is 4.90 Å². The lowest BCUT2D eigenvalue weighted by atomic mass is 9.82. The number of Topliss-reactive ketones (excluding diaryl/α,β-unsaturated/α-hetero) is 1. The van der Waals surface area contributed by atoms with Gasteiger partial charge in [-0.05, 0) is 62.6 Å². The van der Waals surface area contributed by atoms with Crippen LogP contribution in [-0.2, 0) is 17.8 Å². The minimum Gasteiger partial charge on any atom is -0.346 e. The highest BCUT2D eigenvalue weighted by atomic mass is 35.5. The Morgan fingerprint density at radius 2 is 1.79 bits per heavy atom. The highest BCUT2D eigenvalue weighted by Gasteiger charge is 2.34. The molecule has 0 saturated heterocycles. The number of para-hydroxylation sites is 2. The Morgan fingerprint density at radius 1 is 1.00 bits per heavy atom. The molecule has 0 N–H and O–H groups in total. The van der Waals surface area contributed by atoms with Crippen LogP contribution in [0.3, 0.4) is 0 Å². The zero-order chi connectivity index (χ0) is 23.7. The Balaban J connectivity index is 1.09. The molecule has 5 heteroatoms. The molecule has 4 nitrogen and oxygen atoms in total. The Labute approximate surface area is 206 Å². The quantitative estimate of drug-likeness (QED) is 0.254. The van der Waals surface area contributed by atoms with Gasteiger partial charge in [0.1, 0.15) is 0 Å². The number of amides is 1. The van der Waals surface area contributed by atoms with E-state index >= 15 is 0 Å². The van der Waals surface area contributed by atoms with E-state index in [9.17, 15) is 9.59 Å². The van der Waals surface area contributed by atoms with Gasteiger partial charge in [-0.1, -0.05) is 61.2 Å². The molecular formula is C29H33ClN2O2. The molecule has 0 unspecified atom stereocenters. The highest BCUT2D eigenvalue weighted by Crippen LogP contribution is 2.37. The summed E-state index contributed by atoms with van der Waals surface area (Å²) < 4.78 is 2.16. The molecule has 2 aromatic carbocycles. The van der Waals surface area contributed by atoms with E-state index in [-0.39, 0.29) is 11.7 Å². The number of carbonyl (C=O) groups excluding carboxylic acids is 2. The normalized spacial score (nSPS) is 20.2. The molecule has 3 aromatic rings. The van der Waals surface area contributed by atoms with Crippen LogP contribution >= 0.6 is 11.6 Å². The van der Waals surface area contributed by atoms with Crippen molar-refractivity contribution in [2.24, 2.45) is 5.92 Å². The summed E-state index contributed by atoms with van der Waals surface area (Å²) in [6.45, 7) is 2.50. The number of unbranched alkanes of at least 4 members (excludes halogenated alkanes) is 2. The first kappa shape index (κ1) is 23.2. The van der Waals surface area contributed by atoms with Gasteiger partial charge >= 0.3 is 0 Å². The zero-order valence-electron chi connectivity index (χ0n) is 19.9. The highest BCUT2D eigenvalue weighted by molar-refractivity contribution is 6.35. The van der Waals surface area contributed by atoms with Gasteiger partial charge in [0.2, 0.25) is 5.91 Å². The maximum absolute atomic E-state index is 12.6. The molecule has 1 amide bonds. The molecule has 1 saturated carbocycles. The van der Waals surface area contributed by atoms with Crippen LogP contribution in [0.1, 0.15) is 74.2 Å². The smallest absolute Gasteiger partial charge is 0.231 e. The SMILES string of the molecule is CC(=O)c1cn(CCCCCC2CCC(N3C(=O)Cc4ccccc43)CC2)c2c(Cl)cccc12. The first-order valence-electron chi connectivity index (χ1n) is 12.7. The number of aryl methyl sites for hydroxylation is 1. The Kier molecular flexibility index (Phi) is 6.78. The van der Waals surface area contributed by atoms with Gasteiger partial charge in [0.25, 0.3) is 0 Å². The van der Waals surface area contributed by atoms with E-state index in [0.29, 0.717) is 17.5 Å². The fourth-order valence-corrected chi connectivity index (χ4v) is 6.32. The molecule has 0 bridgehead atoms. The fourth-order valence-electron chi connectivity index (χ4n) is 6.03. The zero-order valence-corrected chi connectivity index (χ0v) is 20.7. The van der Waals surface area contributed by atoms with E-state index in [1.807, 2.05) is 36.5 Å². The lowest BCUT2D eigenvalue weighted by Gasteiger charge is -2.35. The Morgan fingerprint density at radius 3 is 2.59 bits per heavy atom. The van der Waals surface area contributed by atoms with Crippen LogP contribution in [0.2, 0.25) is 5.02 Å². The molecule has 0 atom stereocenters. The predicted octanol–water partition coefficient (Wildman–Crippen LogP) is 7.21. The molecule has 1 aliphatic carbocycles. The van der Waals surface area contributed by atoms with E-state index in [0.717, 1.165) is 53.9 Å². The third kappa shape index (κ3) is 4.53. The van der Waals surface area contributed by atoms with Crippen LogP contribution in [-0.4, -0.2) is 22.3 Å². The van der Waals surface area contributed by atoms with Crippen LogP contribution in [0.4, 0.5) is 5.69 Å². The van der Waals surface area contributed by atoms with E-state index in [1.165, 1.54) is 37.7 Å². The number of hydrogen-bond donors (Lipinski definition) is 0. The number of nitrogens with zero attached hydrogens (tertiary/aromatic N) is 2. The predicted molar refractivity (Wildman–Crippen MR) is 139 cm³/mol. The summed E-state index contributed by atoms with van der Waals surface area (Å²) in [5, 5.41) is 1.66. The van der Waals surface area contributed by atoms with Gasteiger partial charge in [-0.2, -0.15) is 0 Å². The largest absolute Gasteiger partial charge is 0.346 e. The van der Waals surface area contributed by atoms with E-state index in [1.54, 1.807) is 6.92 Å². The third-order valence-electron chi connectivity index (χ3n) is 7.78. The molecule has 1 aliphatic heterocycles. The van der Waals surface area contributed by atoms with Gasteiger partial charge in [0.15, 0.2) is 5.78 Å². The van der Waals surface area contributed by atoms with Crippen molar-refractivity contribution in [3.8, 4) is 0 Å². The molecule has 1 aromatic heterocycles. The van der Waals surface area contributed by atoms with Gasteiger partial charge in [-0.3, -0.25) is 9.59 Å². The maximum Gasteiger partial charge on any atom is 0.231 e. The van der Waals surface area contributed by atoms with Crippen molar-refractivity contribution < 1.29 is 9.59 Å². The number of rotatable bonds is 8. The fraction of sp³-hybridized carbons (Fsp3) is 0.448. The second-order valence-electron chi connectivity index (χ2n) is 10.0. The second kappa shape index (κ2) is 9.95. The first-order chi connectivity index (χ1) is 16.5. The molecule has 34 heavy (non-hydrogen) atoms. The lowest BCUT2D eigenvalue weighted by Crippen LogP contribution is -2.40. The summed E-state index contributed by atoms with van der Waals surface area (Å²) in [7, 11) is 0. The number of halogens is 1. The number of carbonyl (C=O) groups is 2. The molecule has 0 spiro atoms. The summed E-state index contributed by atoms with van der Waals surface area (Å²) in [6, 6.07) is 14.4. The van der Waals surface area contributed by atoms with E-state index in [2.05, 4.69) is 21.6 Å². The standard InChI is InChI=1S/C29H33ClN2O2/c1-20(33)25-19-31(29-24(25)10-7-11-26(29)30)17-6-2-3-8-21-13-15-23(16-14-21)32-27-12-5-4-9-22(27)18-28(32)34/h4-5,7,9-12,19,21,23H,2-3,6,8,13-18H2,1H3. The summed E-state index contributed by atoms with van der Waals surface area (Å²) in [5.74, 6) is 1.13. The number of ketones is 1. The number of aromatic nitrogens is 1. The molecule has 2 heterocycles. The van der Waals surface area contributed by atoms with Crippen molar-refractivity contribution in [2.45, 2.75) is 77.3 Å². The number of fused-ring (bicyclic) bond motifs is 2. The Bertz CT molecular complexity index is 1210. The summed E-state index contributed by atoms with van der Waals surface area (Å²) >= 11 is 6.46. The summed E-state index contributed by atoms with van der Waals surface area (Å²) in [6.07, 6.45) is 12.0. The van der Waals surface area contributed by atoms with Gasteiger partial charge in [-0.15, -0.1) is 0 Å². The first-order valence-corrected chi connectivity index (χ1v) is 13.1. The molecule has 1 fully saturated rings. The van der Waals surface area contributed by atoms with Crippen LogP contribution in [0.25, 0.3) is 10.9 Å². The molecule has 2 aliphatic rings. The van der Waals surface area contributed by atoms with Crippen molar-refractivity contribution in [3.63, 3.8) is 0 Å².